The fourth-order valence-electron chi connectivity index (χ4n) is 0.703. The van der Waals surface area contributed by atoms with Crippen LogP contribution in [0.1, 0.15) is 13.3 Å². The molecule has 0 saturated carbocycles. The minimum atomic E-state index is -2.92. The highest BCUT2D eigenvalue weighted by Crippen LogP contribution is 2.12. The zero-order valence-corrected chi connectivity index (χ0v) is 10.5. The third kappa shape index (κ3) is 7.64. The average molecular weight is 255 g/mol. The molecule has 0 aliphatic rings. The molecule has 0 bridgehead atoms. The third-order valence-electron chi connectivity index (χ3n) is 1.85. The van der Waals surface area contributed by atoms with Gasteiger partial charge >= 0.3 is 5.97 Å². The first kappa shape index (κ1) is 14.7. The lowest BCUT2D eigenvalue weighted by atomic mass is 10.0. The van der Waals surface area contributed by atoms with Gasteiger partial charge in [0.1, 0.15) is 15.4 Å². The van der Waals surface area contributed by atoms with E-state index in [0.717, 1.165) is 0 Å². The summed E-state index contributed by atoms with van der Waals surface area (Å²) in [5.41, 5.74) is 4.27. The predicted octanol–water partition coefficient (Wildman–Crippen LogP) is -0.0437. The molecule has 0 heterocycles. The van der Waals surface area contributed by atoms with Crippen LogP contribution in [-0.4, -0.2) is 48.5 Å². The van der Waals surface area contributed by atoms with E-state index >= 15 is 0 Å². The van der Waals surface area contributed by atoms with E-state index in [4.69, 9.17) is 10.8 Å². The van der Waals surface area contributed by atoms with Crippen molar-refractivity contribution in [2.24, 2.45) is 5.73 Å². The van der Waals surface area contributed by atoms with Crippen LogP contribution in [0.5, 0.6) is 0 Å². The Morgan fingerprint density at radius 2 is 2.00 bits per heavy atom. The van der Waals surface area contributed by atoms with Crippen LogP contribution in [0.15, 0.2) is 0 Å². The molecule has 1 unspecified atom stereocenters. The van der Waals surface area contributed by atoms with Crippen molar-refractivity contribution in [3.63, 3.8) is 0 Å². The van der Waals surface area contributed by atoms with Gasteiger partial charge in [0.25, 0.3) is 0 Å². The zero-order valence-electron chi connectivity index (χ0n) is 8.89. The van der Waals surface area contributed by atoms with Crippen LogP contribution in [0.2, 0.25) is 0 Å². The molecule has 15 heavy (non-hydrogen) atoms. The van der Waals surface area contributed by atoms with Crippen LogP contribution in [0.25, 0.3) is 0 Å². The monoisotopic (exact) mass is 255 g/mol. The lowest BCUT2D eigenvalue weighted by Gasteiger charge is -2.18. The smallest absolute Gasteiger partial charge is 0.323 e. The average Bonchev–Trinajstić information content (AvgIpc) is 2.00. The van der Waals surface area contributed by atoms with E-state index in [0.29, 0.717) is 17.9 Å². The molecule has 0 aromatic rings. The van der Waals surface area contributed by atoms with Crippen LogP contribution >= 0.6 is 11.8 Å². The summed E-state index contributed by atoms with van der Waals surface area (Å²) in [6.45, 7) is 1.45. The van der Waals surface area contributed by atoms with Crippen LogP contribution in [-0.2, 0) is 14.6 Å². The molecule has 90 valence electrons. The quantitative estimate of drug-likeness (QED) is 0.619. The van der Waals surface area contributed by atoms with Crippen molar-refractivity contribution in [2.45, 2.75) is 18.9 Å². The number of carboxylic acid groups (broad SMARTS) is 1. The summed E-state index contributed by atoms with van der Waals surface area (Å²) < 4.78 is 21.5. The molecule has 0 fully saturated rings. The van der Waals surface area contributed by atoms with Crippen molar-refractivity contribution in [1.82, 2.24) is 0 Å². The van der Waals surface area contributed by atoms with Gasteiger partial charge in [0.15, 0.2) is 0 Å². The molecule has 7 heteroatoms. The third-order valence-corrected chi connectivity index (χ3v) is 4.04. The summed E-state index contributed by atoms with van der Waals surface area (Å²) in [6.07, 6.45) is 1.51. The second-order valence-corrected chi connectivity index (χ2v) is 7.20. The van der Waals surface area contributed by atoms with Gasteiger partial charge in [-0.1, -0.05) is 0 Å². The van der Waals surface area contributed by atoms with Crippen LogP contribution in [0.3, 0.4) is 0 Å². The molecule has 0 aromatic carbocycles. The first-order chi connectivity index (χ1) is 6.65. The normalized spacial score (nSPS) is 15.9. The van der Waals surface area contributed by atoms with E-state index in [1.54, 1.807) is 0 Å². The molecule has 0 saturated heterocycles. The fraction of sp³-hybridized carbons (Fsp3) is 0.875. The van der Waals surface area contributed by atoms with Gasteiger partial charge in [-0.05, 0) is 19.1 Å². The van der Waals surface area contributed by atoms with E-state index in [1.807, 2.05) is 0 Å². The topological polar surface area (TPSA) is 97.5 Å². The van der Waals surface area contributed by atoms with Crippen LogP contribution in [0, 0.1) is 0 Å². The summed E-state index contributed by atoms with van der Waals surface area (Å²) in [7, 11) is -2.92. The second kappa shape index (κ2) is 5.72. The number of sulfone groups is 1. The zero-order chi connectivity index (χ0) is 12.1. The van der Waals surface area contributed by atoms with Gasteiger partial charge in [0, 0.05) is 12.0 Å². The summed E-state index contributed by atoms with van der Waals surface area (Å²) in [4.78, 5) is 10.6. The summed E-state index contributed by atoms with van der Waals surface area (Å²) in [6, 6.07) is 0. The minimum absolute atomic E-state index is 0.117. The molecule has 0 rings (SSSR count). The van der Waals surface area contributed by atoms with E-state index in [1.165, 1.54) is 24.9 Å². The first-order valence-electron chi connectivity index (χ1n) is 4.43. The molecule has 1 atom stereocenters. The van der Waals surface area contributed by atoms with E-state index in [-0.39, 0.29) is 5.75 Å². The number of carbonyl (C=O) groups is 1. The Hall–Kier alpha value is -0.270. The molecular weight excluding hydrogens is 238 g/mol. The van der Waals surface area contributed by atoms with Crippen LogP contribution in [0.4, 0.5) is 0 Å². The summed E-state index contributed by atoms with van der Waals surface area (Å²) in [5.74, 6) is 0.112. The Morgan fingerprint density at radius 3 is 2.40 bits per heavy atom. The van der Waals surface area contributed by atoms with Crippen molar-refractivity contribution in [3.05, 3.63) is 0 Å². The van der Waals surface area contributed by atoms with Gasteiger partial charge in [-0.25, -0.2) is 8.42 Å². The molecule has 0 spiro atoms. The van der Waals surface area contributed by atoms with E-state index < -0.39 is 21.3 Å². The lowest BCUT2D eigenvalue weighted by Crippen LogP contribution is -2.45. The maximum absolute atomic E-state index is 10.8. The number of aliphatic carboxylic acids is 1. The highest BCUT2D eigenvalue weighted by atomic mass is 32.2. The van der Waals surface area contributed by atoms with E-state index in [9.17, 15) is 13.2 Å². The summed E-state index contributed by atoms with van der Waals surface area (Å²) >= 11 is 1.40. The van der Waals surface area contributed by atoms with Gasteiger partial charge in [0.2, 0.25) is 0 Å². The maximum Gasteiger partial charge on any atom is 0.323 e. The number of hydrogen-bond acceptors (Lipinski definition) is 5. The van der Waals surface area contributed by atoms with Gasteiger partial charge in [0.05, 0.1) is 5.75 Å². The molecular formula is C8H17NO4S2. The van der Waals surface area contributed by atoms with Gasteiger partial charge in [-0.3, -0.25) is 4.79 Å². The number of nitrogens with two attached hydrogens (primary N) is 1. The number of thioether (sulfide) groups is 1. The summed E-state index contributed by atoms with van der Waals surface area (Å²) in [5, 5.41) is 8.70. The van der Waals surface area contributed by atoms with E-state index in [2.05, 4.69) is 0 Å². The highest BCUT2D eigenvalue weighted by molar-refractivity contribution is 8.00. The Kier molecular flexibility index (Phi) is 5.61. The van der Waals surface area contributed by atoms with Crippen molar-refractivity contribution in [1.29, 1.82) is 0 Å². The van der Waals surface area contributed by atoms with Crippen molar-refractivity contribution >= 4 is 27.6 Å². The number of rotatable bonds is 7. The Bertz CT molecular complexity index is 311. The fourth-order valence-corrected chi connectivity index (χ4v) is 3.16. The predicted molar refractivity (Wildman–Crippen MR) is 61.9 cm³/mol. The minimum Gasteiger partial charge on any atom is -0.480 e. The number of hydrogen-bond donors (Lipinski definition) is 2. The molecule has 0 amide bonds. The second-order valence-electron chi connectivity index (χ2n) is 3.71. The molecule has 0 aromatic heterocycles. The van der Waals surface area contributed by atoms with Crippen LogP contribution < -0.4 is 5.73 Å². The molecule has 0 aliphatic carbocycles. The number of carboxylic acids is 1. The maximum atomic E-state index is 10.8. The van der Waals surface area contributed by atoms with Crippen molar-refractivity contribution in [2.75, 3.05) is 23.5 Å². The Labute approximate surface area is 94.3 Å². The molecule has 0 radical (unpaired) electrons. The largest absolute Gasteiger partial charge is 0.480 e. The van der Waals surface area contributed by atoms with Crippen molar-refractivity contribution < 1.29 is 18.3 Å². The van der Waals surface area contributed by atoms with Gasteiger partial charge in [-0.2, -0.15) is 11.8 Å². The Balaban J connectivity index is 3.69. The molecule has 0 aliphatic heterocycles. The van der Waals surface area contributed by atoms with Gasteiger partial charge in [-0.15, -0.1) is 0 Å². The SMILES string of the molecule is CC(N)(CCSCCS(C)(=O)=O)C(=O)O. The lowest BCUT2D eigenvalue weighted by molar-refractivity contribution is -0.142. The van der Waals surface area contributed by atoms with Crippen molar-refractivity contribution in [3.8, 4) is 0 Å². The highest BCUT2D eigenvalue weighted by Gasteiger charge is 2.26. The molecule has 5 nitrogen and oxygen atoms in total. The van der Waals surface area contributed by atoms with Gasteiger partial charge < -0.3 is 10.8 Å². The Morgan fingerprint density at radius 1 is 1.47 bits per heavy atom. The first-order valence-corrected chi connectivity index (χ1v) is 7.64. The standard InChI is InChI=1S/C8H17NO4S2/c1-8(9,7(10)11)3-4-14-5-6-15(2,12)13/h3-6,9H2,1-2H3,(H,10,11). The molecule has 3 N–H and O–H groups in total.